The zero-order valence-electron chi connectivity index (χ0n) is 11.5. The van der Waals surface area contributed by atoms with Gasteiger partial charge in [-0.15, -0.1) is 10.2 Å². The van der Waals surface area contributed by atoms with Crippen LogP contribution in [0.15, 0.2) is 18.2 Å². The second kappa shape index (κ2) is 5.04. The summed E-state index contributed by atoms with van der Waals surface area (Å²) in [6, 6.07) is 5.33. The Bertz CT molecular complexity index is 599. The summed E-state index contributed by atoms with van der Waals surface area (Å²) in [6.45, 7) is 7.92. The number of alkyl halides is 1. The molecular formula is C14H17BrFN3. The van der Waals surface area contributed by atoms with Crippen molar-refractivity contribution in [1.29, 1.82) is 0 Å². The molecule has 19 heavy (non-hydrogen) atoms. The molecule has 1 aromatic carbocycles. The lowest BCUT2D eigenvalue weighted by molar-refractivity contribution is 0.390. The average molecular weight is 326 g/mol. The number of hydrogen-bond acceptors (Lipinski definition) is 2. The molecule has 0 aliphatic rings. The summed E-state index contributed by atoms with van der Waals surface area (Å²) >= 11 is 3.40. The van der Waals surface area contributed by atoms with E-state index in [2.05, 4.69) is 46.9 Å². The van der Waals surface area contributed by atoms with E-state index in [0.29, 0.717) is 22.3 Å². The van der Waals surface area contributed by atoms with Crippen molar-refractivity contribution >= 4 is 15.9 Å². The molecule has 0 N–H and O–H groups in total. The van der Waals surface area contributed by atoms with Crippen LogP contribution in [0.5, 0.6) is 0 Å². The Balaban J connectivity index is 2.70. The van der Waals surface area contributed by atoms with Gasteiger partial charge in [-0.25, -0.2) is 4.39 Å². The van der Waals surface area contributed by atoms with Crippen molar-refractivity contribution in [3.05, 3.63) is 35.4 Å². The van der Waals surface area contributed by atoms with Gasteiger partial charge in [0.2, 0.25) is 0 Å². The Labute approximate surface area is 121 Å². The van der Waals surface area contributed by atoms with E-state index in [-0.39, 0.29) is 11.4 Å². The third-order valence-electron chi connectivity index (χ3n) is 2.95. The van der Waals surface area contributed by atoms with Crippen molar-refractivity contribution < 1.29 is 4.39 Å². The van der Waals surface area contributed by atoms with E-state index in [1.54, 1.807) is 19.1 Å². The Morgan fingerprint density at radius 3 is 2.53 bits per heavy atom. The molecule has 0 amide bonds. The minimum absolute atomic E-state index is 0.210. The monoisotopic (exact) mass is 325 g/mol. The van der Waals surface area contributed by atoms with Gasteiger partial charge in [0.25, 0.3) is 0 Å². The molecule has 0 saturated carbocycles. The molecule has 2 aromatic rings. The molecule has 0 spiro atoms. The fourth-order valence-electron chi connectivity index (χ4n) is 2.10. The molecule has 0 aliphatic carbocycles. The van der Waals surface area contributed by atoms with Crippen LogP contribution in [-0.4, -0.2) is 14.8 Å². The third kappa shape index (κ3) is 2.56. The van der Waals surface area contributed by atoms with Crippen LogP contribution in [0.25, 0.3) is 11.4 Å². The molecular weight excluding hydrogens is 309 g/mol. The second-order valence-electron chi connectivity index (χ2n) is 5.52. The highest BCUT2D eigenvalue weighted by Crippen LogP contribution is 2.29. The minimum Gasteiger partial charge on any atom is -0.305 e. The van der Waals surface area contributed by atoms with Crippen LogP contribution in [0.4, 0.5) is 4.39 Å². The maximum Gasteiger partial charge on any atom is 0.167 e. The maximum absolute atomic E-state index is 14.3. The summed E-state index contributed by atoms with van der Waals surface area (Å²) in [5.41, 5.74) is 0.897. The summed E-state index contributed by atoms with van der Waals surface area (Å²) in [7, 11) is 0. The number of aryl methyl sites for hydroxylation is 1. The van der Waals surface area contributed by atoms with Crippen LogP contribution < -0.4 is 0 Å². The van der Waals surface area contributed by atoms with Gasteiger partial charge in [-0.3, -0.25) is 0 Å². The van der Waals surface area contributed by atoms with E-state index >= 15 is 0 Å². The molecule has 0 atom stereocenters. The Morgan fingerprint density at radius 2 is 1.95 bits per heavy atom. The fraction of sp³-hybridized carbons (Fsp3) is 0.429. The van der Waals surface area contributed by atoms with Crippen molar-refractivity contribution in [3.63, 3.8) is 0 Å². The molecule has 1 heterocycles. The van der Waals surface area contributed by atoms with E-state index in [1.807, 2.05) is 10.6 Å². The van der Waals surface area contributed by atoms with E-state index in [9.17, 15) is 4.39 Å². The largest absolute Gasteiger partial charge is 0.305 e. The summed E-state index contributed by atoms with van der Waals surface area (Å²) in [6.07, 6.45) is 0. The quantitative estimate of drug-likeness (QED) is 0.780. The molecule has 0 saturated heterocycles. The number of hydrogen-bond donors (Lipinski definition) is 0. The lowest BCUT2D eigenvalue weighted by Gasteiger charge is -2.24. The third-order valence-corrected chi connectivity index (χ3v) is 3.45. The van der Waals surface area contributed by atoms with Gasteiger partial charge >= 0.3 is 0 Å². The first-order valence-corrected chi connectivity index (χ1v) is 7.24. The van der Waals surface area contributed by atoms with Gasteiger partial charge in [0.15, 0.2) is 5.82 Å². The van der Waals surface area contributed by atoms with Gasteiger partial charge in [0.1, 0.15) is 11.6 Å². The van der Waals surface area contributed by atoms with Crippen LogP contribution in [0.2, 0.25) is 0 Å². The molecule has 0 aliphatic heterocycles. The molecule has 3 nitrogen and oxygen atoms in total. The lowest BCUT2D eigenvalue weighted by Crippen LogP contribution is -2.25. The zero-order chi connectivity index (χ0) is 14.2. The number of nitrogens with zero attached hydrogens (tertiary/aromatic N) is 3. The van der Waals surface area contributed by atoms with E-state index in [1.165, 1.54) is 0 Å². The highest BCUT2D eigenvalue weighted by Gasteiger charge is 2.25. The maximum atomic E-state index is 14.3. The first-order valence-electron chi connectivity index (χ1n) is 6.12. The Kier molecular flexibility index (Phi) is 3.76. The van der Waals surface area contributed by atoms with Gasteiger partial charge in [-0.05, 0) is 39.3 Å². The highest BCUT2D eigenvalue weighted by atomic mass is 79.9. The summed E-state index contributed by atoms with van der Waals surface area (Å²) < 4.78 is 16.2. The predicted octanol–water partition coefficient (Wildman–Crippen LogP) is 4.04. The molecule has 2 rings (SSSR count). The smallest absolute Gasteiger partial charge is 0.167 e. The predicted molar refractivity (Wildman–Crippen MR) is 77.8 cm³/mol. The molecule has 0 bridgehead atoms. The topological polar surface area (TPSA) is 30.7 Å². The normalized spacial score (nSPS) is 11.9. The van der Waals surface area contributed by atoms with Gasteiger partial charge in [-0.2, -0.15) is 0 Å². The molecule has 0 unspecified atom stereocenters. The zero-order valence-corrected chi connectivity index (χ0v) is 13.1. The number of aromatic nitrogens is 3. The summed E-state index contributed by atoms with van der Waals surface area (Å²) in [5, 5.41) is 8.90. The minimum atomic E-state index is -0.235. The molecule has 5 heteroatoms. The Morgan fingerprint density at radius 1 is 1.26 bits per heavy atom. The van der Waals surface area contributed by atoms with Crippen LogP contribution in [0.1, 0.15) is 32.2 Å². The van der Waals surface area contributed by atoms with E-state index < -0.39 is 0 Å². The fourth-order valence-corrected chi connectivity index (χ4v) is 2.47. The summed E-state index contributed by atoms with van der Waals surface area (Å²) in [5.74, 6) is 1.13. The van der Waals surface area contributed by atoms with Gasteiger partial charge < -0.3 is 4.57 Å². The van der Waals surface area contributed by atoms with E-state index in [0.717, 1.165) is 5.82 Å². The van der Waals surface area contributed by atoms with Crippen molar-refractivity contribution in [2.45, 2.75) is 38.6 Å². The van der Waals surface area contributed by atoms with E-state index in [4.69, 9.17) is 0 Å². The SMILES string of the molecule is Cc1cccc(-c2nnc(CBr)n2C(C)(C)C)c1F. The Hall–Kier alpha value is -1.23. The van der Waals surface area contributed by atoms with Gasteiger partial charge in [0.05, 0.1) is 10.9 Å². The molecule has 1 aromatic heterocycles. The number of benzene rings is 1. The van der Waals surface area contributed by atoms with Crippen molar-refractivity contribution in [3.8, 4) is 11.4 Å². The molecule has 0 radical (unpaired) electrons. The average Bonchev–Trinajstić information content (AvgIpc) is 2.76. The van der Waals surface area contributed by atoms with Crippen molar-refractivity contribution in [1.82, 2.24) is 14.8 Å². The standard InChI is InChI=1S/C14H17BrFN3/c1-9-6-5-7-10(12(9)16)13-18-17-11(8-15)19(13)14(2,3)4/h5-7H,8H2,1-4H3. The summed E-state index contributed by atoms with van der Waals surface area (Å²) in [4.78, 5) is 0. The van der Waals surface area contributed by atoms with Gasteiger partial charge in [0, 0.05) is 5.54 Å². The molecule has 102 valence electrons. The van der Waals surface area contributed by atoms with Crippen molar-refractivity contribution in [2.24, 2.45) is 0 Å². The van der Waals surface area contributed by atoms with Crippen LogP contribution >= 0.6 is 15.9 Å². The van der Waals surface area contributed by atoms with Crippen LogP contribution in [-0.2, 0) is 10.9 Å². The van der Waals surface area contributed by atoms with Crippen LogP contribution in [0, 0.1) is 12.7 Å². The first kappa shape index (κ1) is 14.2. The highest BCUT2D eigenvalue weighted by molar-refractivity contribution is 9.08. The lowest BCUT2D eigenvalue weighted by atomic mass is 10.1. The van der Waals surface area contributed by atoms with Crippen molar-refractivity contribution in [2.75, 3.05) is 0 Å². The number of halogens is 2. The van der Waals surface area contributed by atoms with Gasteiger partial charge in [-0.1, -0.05) is 28.1 Å². The van der Waals surface area contributed by atoms with Crippen LogP contribution in [0.3, 0.4) is 0 Å². The number of rotatable bonds is 2. The first-order chi connectivity index (χ1) is 8.86. The molecule has 0 fully saturated rings. The second-order valence-corrected chi connectivity index (χ2v) is 6.08.